The molecule has 7 heteroatoms. The number of nitrogens with zero attached hydrogens (tertiary/aromatic N) is 3. The van der Waals surface area contributed by atoms with E-state index in [2.05, 4.69) is 25.5 Å². The van der Waals surface area contributed by atoms with E-state index in [4.69, 9.17) is 16.3 Å². The number of thiophene rings is 1. The number of piperidine rings is 3. The number of ether oxygens (including phenoxy) is 1. The van der Waals surface area contributed by atoms with Gasteiger partial charge >= 0.3 is 0 Å². The summed E-state index contributed by atoms with van der Waals surface area (Å²) >= 11 is 8.60. The number of aromatic nitrogens is 2. The van der Waals surface area contributed by atoms with E-state index in [0.717, 1.165) is 27.4 Å². The van der Waals surface area contributed by atoms with Crippen molar-refractivity contribution in [3.63, 3.8) is 0 Å². The number of fused-ring (bicyclic) bond motifs is 3. The second-order valence-electron chi connectivity index (χ2n) is 5.89. The minimum atomic E-state index is 0.328. The summed E-state index contributed by atoms with van der Waals surface area (Å²) in [6.07, 6.45) is 2.53. The van der Waals surface area contributed by atoms with Crippen LogP contribution < -0.4 is 4.74 Å². The molecule has 3 saturated heterocycles. The van der Waals surface area contributed by atoms with Crippen molar-refractivity contribution in [2.24, 2.45) is 5.92 Å². The van der Waals surface area contributed by atoms with Crippen molar-refractivity contribution in [3.05, 3.63) is 27.0 Å². The van der Waals surface area contributed by atoms with Gasteiger partial charge in [-0.15, -0.1) is 15.7 Å². The largest absolute Gasteiger partial charge is 0.463 e. The molecule has 0 spiro atoms. The first-order chi connectivity index (χ1) is 11.3. The average Bonchev–Trinajstić information content (AvgIpc) is 3.21. The lowest BCUT2D eigenvalue weighted by atomic mass is 9.77. The molecule has 1 atom stereocenters. The summed E-state index contributed by atoms with van der Waals surface area (Å²) < 4.78 is 15.4. The fourth-order valence-electron chi connectivity index (χ4n) is 3.40. The van der Waals surface area contributed by atoms with Crippen LogP contribution in [0.2, 0.25) is 4.34 Å². The molecule has 2 bridgehead atoms. The zero-order valence-corrected chi connectivity index (χ0v) is 14.9. The third-order valence-corrected chi connectivity index (χ3v) is 6.23. The summed E-state index contributed by atoms with van der Waals surface area (Å²) in [5.41, 5.74) is 1.03. The van der Waals surface area contributed by atoms with Gasteiger partial charge in [0.15, 0.2) is 6.61 Å². The smallest absolute Gasteiger partial charge is 0.250 e. The predicted molar refractivity (Wildman–Crippen MR) is 93.5 cm³/mol. The lowest BCUT2D eigenvalue weighted by Gasteiger charge is -2.44. The highest BCUT2D eigenvalue weighted by Crippen LogP contribution is 2.41. The molecule has 0 radical (unpaired) electrons. The maximum Gasteiger partial charge on any atom is 0.250 e. The first-order valence-corrected chi connectivity index (χ1v) is 9.64. The van der Waals surface area contributed by atoms with Gasteiger partial charge in [-0.3, -0.25) is 0 Å². The van der Waals surface area contributed by atoms with Gasteiger partial charge in [0.2, 0.25) is 5.88 Å². The Labute approximate surface area is 148 Å². The van der Waals surface area contributed by atoms with Gasteiger partial charge in [0.05, 0.1) is 20.9 Å². The Kier molecular flexibility index (Phi) is 4.54. The van der Waals surface area contributed by atoms with E-state index in [9.17, 15) is 0 Å². The molecule has 2 aromatic heterocycles. The van der Waals surface area contributed by atoms with Crippen LogP contribution in [-0.2, 0) is 0 Å². The molecule has 23 heavy (non-hydrogen) atoms. The van der Waals surface area contributed by atoms with E-state index >= 15 is 0 Å². The monoisotopic (exact) mass is 365 g/mol. The molecule has 3 aliphatic rings. The van der Waals surface area contributed by atoms with Gasteiger partial charge in [-0.2, -0.15) is 4.37 Å². The molecule has 120 valence electrons. The maximum atomic E-state index is 5.89. The van der Waals surface area contributed by atoms with Crippen LogP contribution in [0.15, 0.2) is 12.1 Å². The number of hydrogen-bond acceptors (Lipinski definition) is 6. The van der Waals surface area contributed by atoms with Crippen molar-refractivity contribution in [2.45, 2.75) is 18.8 Å². The highest BCUT2D eigenvalue weighted by Gasteiger charge is 2.38. The quantitative estimate of drug-likeness (QED) is 0.780. The number of rotatable bonds is 3. The van der Waals surface area contributed by atoms with Gasteiger partial charge in [0.25, 0.3) is 0 Å². The second kappa shape index (κ2) is 6.78. The third-order valence-electron chi connectivity index (χ3n) is 4.56. The van der Waals surface area contributed by atoms with Gasteiger partial charge in [0.1, 0.15) is 5.69 Å². The van der Waals surface area contributed by atoms with Crippen LogP contribution in [0, 0.1) is 17.8 Å². The Morgan fingerprint density at radius 1 is 1.30 bits per heavy atom. The molecule has 2 aromatic rings. The Bertz CT molecular complexity index is 740. The van der Waals surface area contributed by atoms with Gasteiger partial charge in [0, 0.05) is 12.5 Å². The number of hydrogen-bond donors (Lipinski definition) is 0. The van der Waals surface area contributed by atoms with Crippen LogP contribution in [0.1, 0.15) is 29.3 Å². The molecular weight excluding hydrogens is 350 g/mol. The SMILES string of the molecule is Clc1ccc(C#CCOc2nsnc2[C@@H]2CN3CCC2CC3)s1. The van der Waals surface area contributed by atoms with Crippen molar-refractivity contribution in [3.8, 4) is 17.7 Å². The summed E-state index contributed by atoms with van der Waals surface area (Å²) in [6, 6.07) is 3.77. The minimum absolute atomic E-state index is 0.328. The summed E-state index contributed by atoms with van der Waals surface area (Å²) in [6.45, 7) is 3.87. The normalized spacial score (nSPS) is 25.9. The minimum Gasteiger partial charge on any atom is -0.463 e. The fraction of sp³-hybridized carbons (Fsp3) is 0.500. The van der Waals surface area contributed by atoms with Crippen molar-refractivity contribution >= 4 is 34.7 Å². The van der Waals surface area contributed by atoms with E-state index in [-0.39, 0.29) is 0 Å². The highest BCUT2D eigenvalue weighted by atomic mass is 35.5. The third kappa shape index (κ3) is 3.38. The average molecular weight is 366 g/mol. The Hall–Kier alpha value is -1.13. The molecular formula is C16H16ClN3OS2. The highest BCUT2D eigenvalue weighted by molar-refractivity contribution is 7.16. The molecule has 3 fully saturated rings. The van der Waals surface area contributed by atoms with E-state index in [1.807, 2.05) is 12.1 Å². The van der Waals surface area contributed by atoms with Gasteiger partial charge in [-0.05, 0) is 44.0 Å². The van der Waals surface area contributed by atoms with Gasteiger partial charge < -0.3 is 9.64 Å². The molecule has 3 aliphatic heterocycles. The molecule has 0 N–H and O–H groups in total. The molecule has 4 nitrogen and oxygen atoms in total. The fourth-order valence-corrected chi connectivity index (χ4v) is 4.88. The molecule has 5 rings (SSSR count). The van der Waals surface area contributed by atoms with E-state index in [1.54, 1.807) is 0 Å². The van der Waals surface area contributed by atoms with Gasteiger partial charge in [-0.25, -0.2) is 0 Å². The topological polar surface area (TPSA) is 38.3 Å². The standard InChI is InChI=1S/C16H16ClN3OS2/c17-14-4-3-12(22-14)2-1-9-21-16-15(18-23-19-16)13-10-20-7-5-11(13)6-8-20/h3-4,11,13H,5-10H2/t13-/m1/s1. The van der Waals surface area contributed by atoms with E-state index in [0.29, 0.717) is 18.4 Å². The van der Waals surface area contributed by atoms with Crippen LogP contribution in [-0.4, -0.2) is 39.9 Å². The summed E-state index contributed by atoms with van der Waals surface area (Å²) in [4.78, 5) is 3.47. The Morgan fingerprint density at radius 3 is 2.87 bits per heavy atom. The van der Waals surface area contributed by atoms with Crippen LogP contribution in [0.25, 0.3) is 0 Å². The van der Waals surface area contributed by atoms with Crippen LogP contribution in [0.4, 0.5) is 0 Å². The molecule has 0 unspecified atom stereocenters. The maximum absolute atomic E-state index is 5.89. The Balaban J connectivity index is 1.41. The molecule has 0 saturated carbocycles. The van der Waals surface area contributed by atoms with E-state index < -0.39 is 0 Å². The van der Waals surface area contributed by atoms with Crippen LogP contribution in [0.5, 0.6) is 5.88 Å². The first kappa shape index (κ1) is 15.4. The molecule has 0 aromatic carbocycles. The molecule has 0 aliphatic carbocycles. The zero-order valence-electron chi connectivity index (χ0n) is 12.5. The van der Waals surface area contributed by atoms with Gasteiger partial charge in [-0.1, -0.05) is 23.4 Å². The zero-order chi connectivity index (χ0) is 15.6. The second-order valence-corrected chi connectivity index (χ2v) is 8.14. The lowest BCUT2D eigenvalue weighted by molar-refractivity contribution is 0.0843. The summed E-state index contributed by atoms with van der Waals surface area (Å²) in [5.74, 6) is 7.95. The van der Waals surface area contributed by atoms with Crippen molar-refractivity contribution in [1.29, 1.82) is 0 Å². The predicted octanol–water partition coefficient (Wildman–Crippen LogP) is 3.49. The van der Waals surface area contributed by atoms with Crippen LogP contribution in [0.3, 0.4) is 0 Å². The van der Waals surface area contributed by atoms with Crippen LogP contribution >= 0.6 is 34.7 Å². The van der Waals surface area contributed by atoms with Crippen molar-refractivity contribution < 1.29 is 4.74 Å². The Morgan fingerprint density at radius 2 is 2.17 bits per heavy atom. The van der Waals surface area contributed by atoms with E-state index in [1.165, 1.54) is 49.0 Å². The molecule has 5 heterocycles. The summed E-state index contributed by atoms with van der Waals surface area (Å²) in [5, 5.41) is 0. The van der Waals surface area contributed by atoms with Crippen molar-refractivity contribution in [1.82, 2.24) is 13.6 Å². The number of halogens is 1. The van der Waals surface area contributed by atoms with Crippen molar-refractivity contribution in [2.75, 3.05) is 26.2 Å². The summed E-state index contributed by atoms with van der Waals surface area (Å²) in [7, 11) is 0. The first-order valence-electron chi connectivity index (χ1n) is 7.71. The molecule has 0 amide bonds. The lowest BCUT2D eigenvalue weighted by Crippen LogP contribution is -2.46.